The lowest BCUT2D eigenvalue weighted by Crippen LogP contribution is -2.38. The Morgan fingerprint density at radius 2 is 1.94 bits per heavy atom. The van der Waals surface area contributed by atoms with E-state index in [0.717, 1.165) is 20.6 Å². The first kappa shape index (κ1) is 13.2. The van der Waals surface area contributed by atoms with E-state index in [2.05, 4.69) is 21.2 Å². The summed E-state index contributed by atoms with van der Waals surface area (Å²) in [5.74, 6) is -0.487. The molecule has 1 heterocycles. The van der Waals surface area contributed by atoms with E-state index in [9.17, 15) is 9.59 Å². The van der Waals surface area contributed by atoms with Gasteiger partial charge < -0.3 is 5.32 Å². The van der Waals surface area contributed by atoms with Gasteiger partial charge in [0.2, 0.25) is 11.8 Å². The Hall–Kier alpha value is -1.27. The van der Waals surface area contributed by atoms with Crippen LogP contribution in [0.25, 0.3) is 0 Å². The molecule has 1 fully saturated rings. The molecule has 0 radical (unpaired) electrons. The molecule has 1 aromatic rings. The van der Waals surface area contributed by atoms with E-state index in [1.807, 2.05) is 25.1 Å². The Morgan fingerprint density at radius 3 is 2.50 bits per heavy atom. The number of imide groups is 1. The summed E-state index contributed by atoms with van der Waals surface area (Å²) >= 11 is 8.47. The Morgan fingerprint density at radius 1 is 1.33 bits per heavy atom. The SMILES string of the molecule is Cc1cc(Br)ccc1NC(=S)N1C(=O)CCC1=O. The van der Waals surface area contributed by atoms with Crippen LogP contribution >= 0.6 is 28.1 Å². The van der Waals surface area contributed by atoms with Gasteiger partial charge in [-0.25, -0.2) is 4.90 Å². The lowest BCUT2D eigenvalue weighted by atomic mass is 10.2. The van der Waals surface area contributed by atoms with Crippen molar-refractivity contribution in [1.29, 1.82) is 0 Å². The summed E-state index contributed by atoms with van der Waals surface area (Å²) < 4.78 is 0.963. The van der Waals surface area contributed by atoms with Gasteiger partial charge in [0.25, 0.3) is 0 Å². The van der Waals surface area contributed by atoms with E-state index >= 15 is 0 Å². The molecule has 0 aliphatic carbocycles. The molecule has 4 nitrogen and oxygen atoms in total. The highest BCUT2D eigenvalue weighted by Crippen LogP contribution is 2.21. The van der Waals surface area contributed by atoms with Gasteiger partial charge in [-0.15, -0.1) is 0 Å². The molecule has 2 amide bonds. The van der Waals surface area contributed by atoms with Crippen LogP contribution in [-0.2, 0) is 9.59 Å². The van der Waals surface area contributed by atoms with E-state index in [1.165, 1.54) is 0 Å². The molecule has 1 saturated heterocycles. The van der Waals surface area contributed by atoms with Gasteiger partial charge in [0.1, 0.15) is 0 Å². The van der Waals surface area contributed by atoms with Crippen LogP contribution in [0.4, 0.5) is 5.69 Å². The van der Waals surface area contributed by atoms with Crippen molar-refractivity contribution >= 4 is 50.8 Å². The minimum absolute atomic E-state index is 0.146. The van der Waals surface area contributed by atoms with Crippen LogP contribution < -0.4 is 5.32 Å². The third-order valence-corrected chi connectivity index (χ3v) is 3.46. The van der Waals surface area contributed by atoms with Crippen LogP contribution in [0.5, 0.6) is 0 Å². The Bertz CT molecular complexity index is 529. The van der Waals surface area contributed by atoms with Gasteiger partial charge in [-0.2, -0.15) is 0 Å². The molecule has 1 aromatic carbocycles. The van der Waals surface area contributed by atoms with Gasteiger partial charge in [0, 0.05) is 23.0 Å². The van der Waals surface area contributed by atoms with Gasteiger partial charge in [-0.05, 0) is 42.9 Å². The van der Waals surface area contributed by atoms with Crippen molar-refractivity contribution in [2.24, 2.45) is 0 Å². The number of anilines is 1. The Labute approximate surface area is 118 Å². The number of carbonyl (C=O) groups excluding carboxylic acids is 2. The van der Waals surface area contributed by atoms with Crippen LogP contribution in [0.15, 0.2) is 22.7 Å². The molecule has 0 spiro atoms. The zero-order valence-corrected chi connectivity index (χ0v) is 12.1. The van der Waals surface area contributed by atoms with E-state index in [0.29, 0.717) is 0 Å². The number of hydrogen-bond acceptors (Lipinski definition) is 3. The zero-order valence-electron chi connectivity index (χ0n) is 9.70. The number of nitrogens with zero attached hydrogens (tertiary/aromatic N) is 1. The van der Waals surface area contributed by atoms with Gasteiger partial charge >= 0.3 is 0 Å². The van der Waals surface area contributed by atoms with Crippen molar-refractivity contribution in [3.8, 4) is 0 Å². The second-order valence-corrected chi connectivity index (χ2v) is 5.31. The lowest BCUT2D eigenvalue weighted by Gasteiger charge is -2.17. The molecular weight excluding hydrogens is 316 g/mol. The van der Waals surface area contributed by atoms with Crippen molar-refractivity contribution < 1.29 is 9.59 Å². The molecule has 0 atom stereocenters. The summed E-state index contributed by atoms with van der Waals surface area (Å²) in [6.45, 7) is 1.92. The molecule has 0 aromatic heterocycles. The summed E-state index contributed by atoms with van der Waals surface area (Å²) in [5, 5.41) is 3.08. The van der Waals surface area contributed by atoms with E-state index in [1.54, 1.807) is 0 Å². The third kappa shape index (κ3) is 2.59. The summed E-state index contributed by atoms with van der Waals surface area (Å²) in [5.41, 5.74) is 1.77. The molecule has 0 bridgehead atoms. The van der Waals surface area contributed by atoms with E-state index in [4.69, 9.17) is 12.2 Å². The van der Waals surface area contributed by atoms with Crippen molar-refractivity contribution in [3.05, 3.63) is 28.2 Å². The molecule has 1 aliphatic rings. The number of rotatable bonds is 1. The third-order valence-electron chi connectivity index (χ3n) is 2.68. The summed E-state index contributed by atoms with van der Waals surface area (Å²) in [7, 11) is 0. The average Bonchev–Trinajstić information content (AvgIpc) is 2.62. The molecule has 6 heteroatoms. The number of benzene rings is 1. The number of halogens is 1. The molecule has 1 aliphatic heterocycles. The second kappa shape index (κ2) is 5.16. The Balaban J connectivity index is 2.16. The smallest absolute Gasteiger partial charge is 0.236 e. The number of carbonyl (C=O) groups is 2. The minimum Gasteiger partial charge on any atom is -0.332 e. The molecule has 2 rings (SSSR count). The minimum atomic E-state index is -0.243. The highest BCUT2D eigenvalue weighted by atomic mass is 79.9. The van der Waals surface area contributed by atoms with Crippen molar-refractivity contribution in [3.63, 3.8) is 0 Å². The summed E-state index contributed by atoms with van der Waals surface area (Å²) in [6.07, 6.45) is 0.472. The number of amides is 2. The van der Waals surface area contributed by atoms with Crippen molar-refractivity contribution in [2.75, 3.05) is 5.32 Å². The van der Waals surface area contributed by atoms with Crippen LogP contribution in [-0.4, -0.2) is 21.8 Å². The first-order chi connectivity index (χ1) is 8.49. The first-order valence-corrected chi connectivity index (χ1v) is 6.62. The maximum atomic E-state index is 11.5. The predicted octanol–water partition coefficient (Wildman–Crippen LogP) is 2.60. The lowest BCUT2D eigenvalue weighted by molar-refractivity contribution is -0.133. The first-order valence-electron chi connectivity index (χ1n) is 5.42. The fourth-order valence-electron chi connectivity index (χ4n) is 1.74. The topological polar surface area (TPSA) is 49.4 Å². The molecule has 1 N–H and O–H groups in total. The number of hydrogen-bond donors (Lipinski definition) is 1. The predicted molar refractivity (Wildman–Crippen MR) is 76.2 cm³/mol. The summed E-state index contributed by atoms with van der Waals surface area (Å²) in [4.78, 5) is 24.1. The summed E-state index contributed by atoms with van der Waals surface area (Å²) in [6, 6.07) is 5.64. The van der Waals surface area contributed by atoms with Crippen LogP contribution in [0, 0.1) is 6.92 Å². The Kier molecular flexibility index (Phi) is 3.77. The molecule has 18 heavy (non-hydrogen) atoms. The van der Waals surface area contributed by atoms with Crippen LogP contribution in [0.1, 0.15) is 18.4 Å². The highest BCUT2D eigenvalue weighted by Gasteiger charge is 2.32. The van der Waals surface area contributed by atoms with Crippen molar-refractivity contribution in [2.45, 2.75) is 19.8 Å². The monoisotopic (exact) mass is 326 g/mol. The number of aryl methyl sites for hydroxylation is 1. The number of nitrogens with one attached hydrogen (secondary N) is 1. The second-order valence-electron chi connectivity index (χ2n) is 4.01. The zero-order chi connectivity index (χ0) is 13.3. The quantitative estimate of drug-likeness (QED) is 0.636. The molecule has 0 saturated carbocycles. The fourth-order valence-corrected chi connectivity index (χ4v) is 2.53. The van der Waals surface area contributed by atoms with E-state index < -0.39 is 0 Å². The van der Waals surface area contributed by atoms with Gasteiger partial charge in [-0.1, -0.05) is 15.9 Å². The maximum absolute atomic E-state index is 11.5. The van der Waals surface area contributed by atoms with Crippen LogP contribution in [0.3, 0.4) is 0 Å². The van der Waals surface area contributed by atoms with Gasteiger partial charge in [-0.3, -0.25) is 9.59 Å². The van der Waals surface area contributed by atoms with Gasteiger partial charge in [0.15, 0.2) is 5.11 Å². The largest absolute Gasteiger partial charge is 0.332 e. The standard InChI is InChI=1S/C12H11BrN2O2S/c1-7-6-8(13)2-3-9(7)14-12(18)15-10(16)4-5-11(15)17/h2-3,6H,4-5H2,1H3,(H,14,18). The maximum Gasteiger partial charge on any atom is 0.236 e. The van der Waals surface area contributed by atoms with Gasteiger partial charge in [0.05, 0.1) is 0 Å². The fraction of sp³-hybridized carbons (Fsp3) is 0.250. The number of likely N-dealkylation sites (tertiary alicyclic amines) is 1. The normalized spacial score (nSPS) is 15.1. The molecule has 94 valence electrons. The number of thiocarbonyl (C=S) groups is 1. The average molecular weight is 327 g/mol. The van der Waals surface area contributed by atoms with Crippen LogP contribution in [0.2, 0.25) is 0 Å². The molecule has 0 unspecified atom stereocenters. The van der Waals surface area contributed by atoms with E-state index in [-0.39, 0.29) is 29.8 Å². The van der Waals surface area contributed by atoms with Crippen molar-refractivity contribution in [1.82, 2.24) is 4.90 Å². The highest BCUT2D eigenvalue weighted by molar-refractivity contribution is 9.10. The molecular formula is C12H11BrN2O2S.